The summed E-state index contributed by atoms with van der Waals surface area (Å²) in [4.78, 5) is 11.0. The first-order valence-corrected chi connectivity index (χ1v) is 6.02. The summed E-state index contributed by atoms with van der Waals surface area (Å²) < 4.78 is 1.70. The molecule has 0 aliphatic carbocycles. The number of hydrogen-bond donors (Lipinski definition) is 2. The predicted molar refractivity (Wildman–Crippen MR) is 70.8 cm³/mol. The van der Waals surface area contributed by atoms with Gasteiger partial charge in [0.2, 0.25) is 0 Å². The second-order valence-corrected chi connectivity index (χ2v) is 4.62. The first kappa shape index (κ1) is 13.1. The van der Waals surface area contributed by atoms with E-state index in [2.05, 4.69) is 5.10 Å². The largest absolute Gasteiger partial charge is 0.508 e. The molecule has 19 heavy (non-hydrogen) atoms. The van der Waals surface area contributed by atoms with Crippen LogP contribution in [-0.2, 0) is 18.3 Å². The fourth-order valence-electron chi connectivity index (χ4n) is 1.96. The van der Waals surface area contributed by atoms with Gasteiger partial charge in [-0.3, -0.25) is 9.48 Å². The van der Waals surface area contributed by atoms with Crippen molar-refractivity contribution in [2.45, 2.75) is 13.3 Å². The number of aryl methyl sites for hydroxylation is 1. The number of aromatic hydroxyl groups is 1. The molecule has 5 nitrogen and oxygen atoms in total. The standard InChI is InChI=1S/C14H16N2O3/c1-9(14(18)19)7-13-12(8-15-16(13)2)10-3-5-11(17)6-4-10/h3-6,8-9,17H,7H2,1-2H3,(H,18,19). The maximum atomic E-state index is 11.0. The number of rotatable bonds is 4. The van der Waals surface area contributed by atoms with Crippen molar-refractivity contribution in [2.24, 2.45) is 13.0 Å². The molecule has 2 rings (SSSR count). The van der Waals surface area contributed by atoms with E-state index in [0.717, 1.165) is 16.8 Å². The average molecular weight is 260 g/mol. The van der Waals surface area contributed by atoms with E-state index >= 15 is 0 Å². The van der Waals surface area contributed by atoms with Crippen LogP contribution in [0.2, 0.25) is 0 Å². The molecule has 0 fully saturated rings. The Bertz CT molecular complexity index is 587. The minimum atomic E-state index is -0.821. The van der Waals surface area contributed by atoms with Crippen molar-refractivity contribution >= 4 is 5.97 Å². The van der Waals surface area contributed by atoms with Gasteiger partial charge in [0.1, 0.15) is 5.75 Å². The number of hydrogen-bond acceptors (Lipinski definition) is 3. The van der Waals surface area contributed by atoms with Gasteiger partial charge in [0.25, 0.3) is 0 Å². The van der Waals surface area contributed by atoms with Gasteiger partial charge in [-0.2, -0.15) is 5.10 Å². The summed E-state index contributed by atoms with van der Waals surface area (Å²) >= 11 is 0. The lowest BCUT2D eigenvalue weighted by Crippen LogP contribution is -2.15. The van der Waals surface area contributed by atoms with E-state index in [9.17, 15) is 9.90 Å². The number of aliphatic carboxylic acids is 1. The Morgan fingerprint density at radius 3 is 2.58 bits per heavy atom. The molecule has 1 heterocycles. The summed E-state index contributed by atoms with van der Waals surface area (Å²) in [5, 5.41) is 22.5. The minimum Gasteiger partial charge on any atom is -0.508 e. The monoisotopic (exact) mass is 260 g/mol. The van der Waals surface area contributed by atoms with Gasteiger partial charge in [-0.25, -0.2) is 0 Å². The zero-order chi connectivity index (χ0) is 14.0. The lowest BCUT2D eigenvalue weighted by atomic mass is 9.99. The average Bonchev–Trinajstić information content (AvgIpc) is 2.72. The van der Waals surface area contributed by atoms with Crippen LogP contribution in [0.5, 0.6) is 5.75 Å². The van der Waals surface area contributed by atoms with Crippen molar-refractivity contribution in [3.8, 4) is 16.9 Å². The molecule has 5 heteroatoms. The zero-order valence-electron chi connectivity index (χ0n) is 10.9. The molecule has 1 unspecified atom stereocenters. The highest BCUT2D eigenvalue weighted by Crippen LogP contribution is 2.26. The molecular formula is C14H16N2O3. The Kier molecular flexibility index (Phi) is 3.55. The third-order valence-electron chi connectivity index (χ3n) is 3.16. The molecule has 0 spiro atoms. The number of aromatic nitrogens is 2. The normalized spacial score (nSPS) is 12.3. The highest BCUT2D eigenvalue weighted by atomic mass is 16.4. The van der Waals surface area contributed by atoms with Gasteiger partial charge in [-0.15, -0.1) is 0 Å². The second-order valence-electron chi connectivity index (χ2n) is 4.62. The number of nitrogens with zero attached hydrogens (tertiary/aromatic N) is 2. The lowest BCUT2D eigenvalue weighted by Gasteiger charge is -2.09. The van der Waals surface area contributed by atoms with Gasteiger partial charge < -0.3 is 10.2 Å². The Hall–Kier alpha value is -2.30. The van der Waals surface area contributed by atoms with Crippen LogP contribution in [0.25, 0.3) is 11.1 Å². The minimum absolute atomic E-state index is 0.202. The third-order valence-corrected chi connectivity index (χ3v) is 3.16. The molecule has 1 aromatic heterocycles. The molecule has 2 N–H and O–H groups in total. The summed E-state index contributed by atoms with van der Waals surface area (Å²) in [5.74, 6) is -1.09. The lowest BCUT2D eigenvalue weighted by molar-refractivity contribution is -0.141. The van der Waals surface area contributed by atoms with E-state index in [4.69, 9.17) is 5.11 Å². The molecule has 2 aromatic rings. The number of phenolic OH excluding ortho intramolecular Hbond substituents is 1. The maximum absolute atomic E-state index is 11.0. The maximum Gasteiger partial charge on any atom is 0.306 e. The Labute approximate surface area is 111 Å². The van der Waals surface area contributed by atoms with Crippen LogP contribution in [-0.4, -0.2) is 26.0 Å². The van der Waals surface area contributed by atoms with Crippen LogP contribution in [0, 0.1) is 5.92 Å². The van der Waals surface area contributed by atoms with E-state index in [-0.39, 0.29) is 5.75 Å². The van der Waals surface area contributed by atoms with E-state index in [1.807, 2.05) is 0 Å². The van der Waals surface area contributed by atoms with Crippen molar-refractivity contribution in [2.75, 3.05) is 0 Å². The summed E-state index contributed by atoms with van der Waals surface area (Å²) in [7, 11) is 1.80. The number of carboxylic acid groups (broad SMARTS) is 1. The van der Waals surface area contributed by atoms with Crippen LogP contribution in [0.4, 0.5) is 0 Å². The Morgan fingerprint density at radius 2 is 2.00 bits per heavy atom. The Balaban J connectivity index is 2.37. The molecule has 0 amide bonds. The van der Waals surface area contributed by atoms with Gasteiger partial charge in [-0.05, 0) is 17.7 Å². The van der Waals surface area contributed by atoms with Gasteiger partial charge >= 0.3 is 5.97 Å². The predicted octanol–water partition coefficient (Wildman–Crippen LogP) is 2.06. The first-order valence-electron chi connectivity index (χ1n) is 6.02. The quantitative estimate of drug-likeness (QED) is 0.882. The number of carbonyl (C=O) groups is 1. The molecule has 100 valence electrons. The highest BCUT2D eigenvalue weighted by molar-refractivity contribution is 5.71. The third kappa shape index (κ3) is 2.76. The fraction of sp³-hybridized carbons (Fsp3) is 0.286. The van der Waals surface area contributed by atoms with Crippen LogP contribution in [0.3, 0.4) is 0 Å². The van der Waals surface area contributed by atoms with Gasteiger partial charge in [0.15, 0.2) is 0 Å². The summed E-state index contributed by atoms with van der Waals surface area (Å²) in [6, 6.07) is 6.79. The Morgan fingerprint density at radius 1 is 1.37 bits per heavy atom. The van der Waals surface area contributed by atoms with Crippen molar-refractivity contribution < 1.29 is 15.0 Å². The first-order chi connectivity index (χ1) is 8.99. The molecule has 0 radical (unpaired) electrons. The van der Waals surface area contributed by atoms with Gasteiger partial charge in [0, 0.05) is 24.7 Å². The highest BCUT2D eigenvalue weighted by Gasteiger charge is 2.18. The van der Waals surface area contributed by atoms with Gasteiger partial charge in [-0.1, -0.05) is 19.1 Å². The van der Waals surface area contributed by atoms with E-state index < -0.39 is 11.9 Å². The summed E-state index contributed by atoms with van der Waals surface area (Å²) in [6.45, 7) is 1.68. The smallest absolute Gasteiger partial charge is 0.306 e. The molecule has 0 bridgehead atoms. The van der Waals surface area contributed by atoms with Gasteiger partial charge in [0.05, 0.1) is 12.1 Å². The summed E-state index contributed by atoms with van der Waals surface area (Å²) in [6.07, 6.45) is 2.14. The topological polar surface area (TPSA) is 75.4 Å². The van der Waals surface area contributed by atoms with Crippen LogP contribution >= 0.6 is 0 Å². The molecule has 0 aliphatic rings. The molecule has 0 saturated carbocycles. The molecular weight excluding hydrogens is 244 g/mol. The van der Waals surface area contributed by atoms with Crippen LogP contribution < -0.4 is 0 Å². The van der Waals surface area contributed by atoms with Crippen LogP contribution in [0.1, 0.15) is 12.6 Å². The number of benzene rings is 1. The SMILES string of the molecule is CC(Cc1c(-c2ccc(O)cc2)cnn1C)C(=O)O. The number of carboxylic acids is 1. The van der Waals surface area contributed by atoms with E-state index in [0.29, 0.717) is 6.42 Å². The van der Waals surface area contributed by atoms with Crippen LogP contribution in [0.15, 0.2) is 30.5 Å². The summed E-state index contributed by atoms with van der Waals surface area (Å²) in [5.41, 5.74) is 2.69. The fourth-order valence-corrected chi connectivity index (χ4v) is 1.96. The molecule has 0 aliphatic heterocycles. The van der Waals surface area contributed by atoms with E-state index in [1.165, 1.54) is 0 Å². The zero-order valence-corrected chi connectivity index (χ0v) is 10.9. The van der Waals surface area contributed by atoms with Crippen molar-refractivity contribution in [1.82, 2.24) is 9.78 Å². The van der Waals surface area contributed by atoms with Crippen molar-refractivity contribution in [3.05, 3.63) is 36.2 Å². The molecule has 1 atom stereocenters. The van der Waals surface area contributed by atoms with Crippen molar-refractivity contribution in [3.63, 3.8) is 0 Å². The molecule has 1 aromatic carbocycles. The van der Waals surface area contributed by atoms with E-state index in [1.54, 1.807) is 49.1 Å². The second kappa shape index (κ2) is 5.14. The number of phenols is 1. The van der Waals surface area contributed by atoms with Crippen molar-refractivity contribution in [1.29, 1.82) is 0 Å². The molecule has 0 saturated heterocycles.